The summed E-state index contributed by atoms with van der Waals surface area (Å²) < 4.78 is 133. The molecule has 1 spiro atoms. The van der Waals surface area contributed by atoms with Crippen molar-refractivity contribution in [2.75, 3.05) is 55.8 Å². The number of nitriles is 1. The zero-order chi connectivity index (χ0) is 40.2. The first-order valence-corrected chi connectivity index (χ1v) is 18.9. The second kappa shape index (κ2) is 12.9. The summed E-state index contributed by atoms with van der Waals surface area (Å²) in [5.41, 5.74) is 6.88. The Bertz CT molecular complexity index is 2530. The van der Waals surface area contributed by atoms with E-state index in [9.17, 15) is 18.4 Å². The first kappa shape index (κ1) is 37.4. The van der Waals surface area contributed by atoms with Crippen LogP contribution in [-0.4, -0.2) is 65.2 Å². The van der Waals surface area contributed by atoms with Crippen LogP contribution in [0.25, 0.3) is 32.1 Å². The predicted molar refractivity (Wildman–Crippen MR) is 194 cm³/mol. The van der Waals surface area contributed by atoms with Crippen LogP contribution in [0.4, 0.5) is 51.8 Å². The molecule has 0 amide bonds. The van der Waals surface area contributed by atoms with Crippen molar-refractivity contribution in [3.05, 3.63) is 58.5 Å². The number of alkyl halides is 5. The maximum atomic E-state index is 17.4. The Morgan fingerprint density at radius 1 is 1.02 bits per heavy atom. The number of nitrogens with zero attached hydrogens (tertiary/aromatic N) is 6. The summed E-state index contributed by atoms with van der Waals surface area (Å²) in [5, 5.41) is 8.99. The van der Waals surface area contributed by atoms with E-state index >= 15 is 22.0 Å². The van der Waals surface area contributed by atoms with Gasteiger partial charge in [0.15, 0.2) is 5.82 Å². The Hall–Kier alpha value is -5.22. The van der Waals surface area contributed by atoms with Crippen LogP contribution in [0.5, 0.6) is 11.8 Å². The van der Waals surface area contributed by atoms with E-state index in [1.807, 2.05) is 0 Å². The van der Waals surface area contributed by atoms with Crippen molar-refractivity contribution in [1.82, 2.24) is 19.9 Å². The second-order valence-corrected chi connectivity index (χ2v) is 16.4. The van der Waals surface area contributed by atoms with Gasteiger partial charge in [-0.1, -0.05) is 6.07 Å². The zero-order valence-electron chi connectivity index (χ0n) is 29.9. The second-order valence-electron chi connectivity index (χ2n) is 15.4. The van der Waals surface area contributed by atoms with Gasteiger partial charge in [0, 0.05) is 46.9 Å². The van der Waals surface area contributed by atoms with Crippen molar-refractivity contribution in [3.8, 4) is 29.0 Å². The lowest BCUT2D eigenvalue weighted by molar-refractivity contribution is -0.138. The van der Waals surface area contributed by atoms with Crippen molar-refractivity contribution in [1.29, 1.82) is 5.26 Å². The van der Waals surface area contributed by atoms with E-state index in [2.05, 4.69) is 19.9 Å². The molecule has 2 aliphatic heterocycles. The van der Waals surface area contributed by atoms with Gasteiger partial charge in [-0.05, 0) is 56.5 Å². The number of piperidine rings is 1. The first-order valence-electron chi connectivity index (χ1n) is 18.1. The Balaban J connectivity index is 1.18. The number of hydrogen-bond acceptors (Lipinski definition) is 11. The van der Waals surface area contributed by atoms with Crippen molar-refractivity contribution in [2.24, 2.45) is 10.8 Å². The first-order chi connectivity index (χ1) is 27.0. The Labute approximate surface area is 323 Å². The molecule has 5 heterocycles. The largest absolute Gasteiger partial charge is 0.490 e. The van der Waals surface area contributed by atoms with Gasteiger partial charge in [-0.25, -0.2) is 26.9 Å². The number of ether oxygens (including phenoxy) is 2. The summed E-state index contributed by atoms with van der Waals surface area (Å²) in [6.07, 6.45) is -2.23. The molecule has 3 aromatic heterocycles. The van der Waals surface area contributed by atoms with Gasteiger partial charge < -0.3 is 30.7 Å². The van der Waals surface area contributed by atoms with Gasteiger partial charge in [0.2, 0.25) is 0 Å². The molecule has 298 valence electrons. The summed E-state index contributed by atoms with van der Waals surface area (Å²) >= 11 is 0.638. The molecule has 19 heteroatoms. The van der Waals surface area contributed by atoms with Crippen LogP contribution in [0, 0.1) is 39.6 Å². The lowest BCUT2D eigenvalue weighted by Crippen LogP contribution is -2.41. The van der Waals surface area contributed by atoms with Crippen LogP contribution >= 0.6 is 11.3 Å². The third kappa shape index (κ3) is 6.18. The minimum atomic E-state index is -5.28. The number of hydrogen-bond donors (Lipinski definition) is 2. The van der Waals surface area contributed by atoms with E-state index < -0.39 is 80.3 Å². The van der Waals surface area contributed by atoms with E-state index in [0.717, 1.165) is 37.2 Å². The zero-order valence-corrected chi connectivity index (χ0v) is 30.7. The molecule has 2 aliphatic carbocycles. The smallest absolute Gasteiger partial charge is 0.420 e. The molecule has 4 N–H and O–H groups in total. The molecule has 3 fully saturated rings. The van der Waals surface area contributed by atoms with E-state index in [1.165, 1.54) is 4.90 Å². The van der Waals surface area contributed by atoms with Gasteiger partial charge in [0.05, 0.1) is 35.0 Å². The number of benzene rings is 2. The molecule has 2 aromatic carbocycles. The molecule has 0 radical (unpaired) electrons. The van der Waals surface area contributed by atoms with Gasteiger partial charge in [-0.15, -0.1) is 11.3 Å². The van der Waals surface area contributed by atoms with E-state index in [1.54, 1.807) is 6.07 Å². The number of rotatable bonds is 8. The maximum Gasteiger partial charge on any atom is 0.420 e. The van der Waals surface area contributed by atoms with Crippen LogP contribution < -0.4 is 25.8 Å². The third-order valence-corrected chi connectivity index (χ3v) is 12.8. The molecular weight excluding hydrogens is 785 g/mol. The number of nitrogen functional groups attached to an aromatic ring is 2. The minimum Gasteiger partial charge on any atom is -0.490 e. The highest BCUT2D eigenvalue weighted by molar-refractivity contribution is 7.23. The number of fused-ring (bicyclic) bond motifs is 1. The number of pyridine rings is 1. The molecule has 9 rings (SSSR count). The van der Waals surface area contributed by atoms with Crippen LogP contribution in [0.15, 0.2) is 24.4 Å². The fourth-order valence-corrected chi connectivity index (χ4v) is 9.30. The molecule has 0 atom stereocenters. The van der Waals surface area contributed by atoms with Crippen molar-refractivity contribution in [2.45, 2.75) is 50.7 Å². The van der Waals surface area contributed by atoms with Crippen LogP contribution in [0.3, 0.4) is 0 Å². The molecule has 4 aliphatic rings. The summed E-state index contributed by atoms with van der Waals surface area (Å²) in [7, 11) is 0. The highest BCUT2D eigenvalue weighted by Gasteiger charge is 2.70. The molecule has 57 heavy (non-hydrogen) atoms. The van der Waals surface area contributed by atoms with Crippen molar-refractivity contribution >= 4 is 49.0 Å². The van der Waals surface area contributed by atoms with Crippen LogP contribution in [0.1, 0.15) is 48.8 Å². The summed E-state index contributed by atoms with van der Waals surface area (Å²) in [6, 6.07) is 4.35. The predicted octanol–water partition coefficient (Wildman–Crippen LogP) is 8.06. The average molecular weight is 817 g/mol. The lowest BCUT2D eigenvalue weighted by Gasteiger charge is -2.34. The summed E-state index contributed by atoms with van der Waals surface area (Å²) in [5.74, 6) is -6.80. The third-order valence-electron chi connectivity index (χ3n) is 11.8. The van der Waals surface area contributed by atoms with Crippen LogP contribution in [0.2, 0.25) is 0 Å². The van der Waals surface area contributed by atoms with E-state index in [0.29, 0.717) is 43.8 Å². The number of aromatic nitrogens is 3. The minimum absolute atomic E-state index is 0.0350. The maximum absolute atomic E-state index is 17.4. The topological polar surface area (TPSA) is 139 Å². The number of likely N-dealkylation sites (tertiary alicyclic amines) is 1. The fraction of sp³-hybridized carbons (Fsp3) is 0.421. The molecule has 1 saturated heterocycles. The molecule has 10 nitrogen and oxygen atoms in total. The highest BCUT2D eigenvalue weighted by Crippen LogP contribution is 2.66. The quantitative estimate of drug-likeness (QED) is 0.148. The van der Waals surface area contributed by atoms with Gasteiger partial charge in [0.1, 0.15) is 57.8 Å². The van der Waals surface area contributed by atoms with Crippen molar-refractivity contribution < 1.29 is 44.6 Å². The molecule has 2 saturated carbocycles. The monoisotopic (exact) mass is 816 g/mol. The summed E-state index contributed by atoms with van der Waals surface area (Å²) in [6.45, 7) is 0.825. The van der Waals surface area contributed by atoms with Gasteiger partial charge in [-0.2, -0.15) is 28.4 Å². The summed E-state index contributed by atoms with van der Waals surface area (Å²) in [4.78, 5) is 16.2. The average Bonchev–Trinajstić information content (AvgIpc) is 4.01. The standard InChI is InChI=1S/C38H32F8N8O2S/c39-19-11-18(31(48)50-13-19)14-54-9-10-55-29-25-28(27(41)24(26(29)38(44,45)46)20-1-2-22(40)30-23(20)21(12-47)32(49)57-30)51-34(52-33(25)54)56-17-35(3-4-35)16-53-7-5-36(6-8-53)15-37(36,42)43/h1-2,11,13H,3-10,14-17,49H2,(H2,48,50). The Morgan fingerprint density at radius 2 is 1.75 bits per heavy atom. The Morgan fingerprint density at radius 3 is 2.42 bits per heavy atom. The molecule has 0 unspecified atom stereocenters. The Kier molecular flexibility index (Phi) is 8.45. The van der Waals surface area contributed by atoms with Gasteiger partial charge >= 0.3 is 12.2 Å². The fourth-order valence-electron chi connectivity index (χ4n) is 8.35. The SMILES string of the molecule is N#Cc1c(N)sc2c(F)ccc(-c3c(C(F)(F)F)c4c5c(nc(OCC6(CN7CCC8(CC7)CC8(F)F)CC6)nc5c3F)N(Cc3cc(F)cnc3N)CCO4)c12. The number of anilines is 3. The van der Waals surface area contributed by atoms with Gasteiger partial charge in [-0.3, -0.25) is 0 Å². The van der Waals surface area contributed by atoms with Crippen LogP contribution in [-0.2, 0) is 12.7 Å². The molecular formula is C38H32F8N8O2S. The lowest BCUT2D eigenvalue weighted by atomic mass is 9.91. The molecule has 5 aromatic rings. The number of halogens is 8. The number of nitrogens with two attached hydrogens (primary N) is 2. The van der Waals surface area contributed by atoms with E-state index in [4.69, 9.17) is 20.9 Å². The highest BCUT2D eigenvalue weighted by atomic mass is 32.1. The number of thiophene rings is 1. The normalized spacial score (nSPS) is 19.4. The van der Waals surface area contributed by atoms with Gasteiger partial charge in [0.25, 0.3) is 5.92 Å². The molecule has 0 bridgehead atoms. The van der Waals surface area contributed by atoms with E-state index in [-0.39, 0.29) is 70.0 Å². The van der Waals surface area contributed by atoms with Crippen molar-refractivity contribution in [3.63, 3.8) is 0 Å².